The summed E-state index contributed by atoms with van der Waals surface area (Å²) in [6.07, 6.45) is 0.953. The molecule has 0 saturated carbocycles. The van der Waals surface area contributed by atoms with Crippen molar-refractivity contribution < 1.29 is 14.3 Å². The number of carbonyl (C=O) groups excluding carboxylic acids is 1. The van der Waals surface area contributed by atoms with Crippen molar-refractivity contribution >= 4 is 29.1 Å². The number of carbonyl (C=O) groups is 1. The monoisotopic (exact) mass is 377 g/mol. The van der Waals surface area contributed by atoms with E-state index in [1.54, 1.807) is 12.1 Å². The van der Waals surface area contributed by atoms with Crippen molar-refractivity contribution in [2.45, 2.75) is 24.7 Å². The van der Waals surface area contributed by atoms with Gasteiger partial charge >= 0.3 is 0 Å². The zero-order valence-corrected chi connectivity index (χ0v) is 15.0. The normalized spacial score (nSPS) is 25.3. The van der Waals surface area contributed by atoms with Crippen LogP contribution in [0.1, 0.15) is 18.4 Å². The molecule has 2 saturated heterocycles. The second kappa shape index (κ2) is 6.52. The van der Waals surface area contributed by atoms with Crippen LogP contribution in [0.4, 0.5) is 0 Å². The molecule has 0 N–H and O–H groups in total. The van der Waals surface area contributed by atoms with Crippen molar-refractivity contribution in [3.05, 3.63) is 64.1 Å². The number of hydrogen-bond acceptors (Lipinski definition) is 3. The summed E-state index contributed by atoms with van der Waals surface area (Å²) in [6.45, 7) is 0.899. The van der Waals surface area contributed by atoms with Crippen molar-refractivity contribution in [2.75, 3.05) is 13.2 Å². The summed E-state index contributed by atoms with van der Waals surface area (Å²) in [5.41, 5.74) is 0.257. The highest BCUT2D eigenvalue weighted by molar-refractivity contribution is 6.30. The van der Waals surface area contributed by atoms with Gasteiger partial charge in [0.2, 0.25) is 5.91 Å². The fourth-order valence-electron chi connectivity index (χ4n) is 3.52. The van der Waals surface area contributed by atoms with Crippen molar-refractivity contribution in [2.24, 2.45) is 0 Å². The van der Waals surface area contributed by atoms with E-state index in [0.717, 1.165) is 11.3 Å². The van der Waals surface area contributed by atoms with Gasteiger partial charge in [0.15, 0.2) is 5.72 Å². The van der Waals surface area contributed by atoms with Crippen LogP contribution in [-0.4, -0.2) is 30.1 Å². The number of amides is 1. The number of ether oxygens (including phenoxy) is 2. The zero-order valence-electron chi connectivity index (χ0n) is 13.5. The van der Waals surface area contributed by atoms with Gasteiger partial charge in [-0.05, 0) is 36.4 Å². The van der Waals surface area contributed by atoms with Crippen molar-refractivity contribution in [1.29, 1.82) is 0 Å². The number of benzene rings is 2. The van der Waals surface area contributed by atoms with Crippen LogP contribution in [0.5, 0.6) is 5.75 Å². The summed E-state index contributed by atoms with van der Waals surface area (Å²) in [4.78, 5) is 14.1. The van der Waals surface area contributed by atoms with Crippen molar-refractivity contribution in [1.82, 2.24) is 4.90 Å². The maximum Gasteiger partial charge on any atom is 0.225 e. The maximum absolute atomic E-state index is 12.3. The number of rotatable bonds is 4. The average Bonchev–Trinajstić information content (AvgIpc) is 3.13. The standard InChI is InChI=1S/C19H17Cl2NO3/c20-14-3-1-13(2-4-14)19-10-9-18(23)22(19)11-17(25-19)12-24-16-7-5-15(21)6-8-16/h1-8,17H,9-12H2/t17-,19+/m0/s1. The Morgan fingerprint density at radius 2 is 1.72 bits per heavy atom. The molecule has 2 heterocycles. The third-order valence-electron chi connectivity index (χ3n) is 4.71. The summed E-state index contributed by atoms with van der Waals surface area (Å²) in [6, 6.07) is 14.7. The summed E-state index contributed by atoms with van der Waals surface area (Å²) in [7, 11) is 0. The molecule has 2 aliphatic heterocycles. The van der Waals surface area contributed by atoms with E-state index < -0.39 is 5.72 Å². The number of hydrogen-bond donors (Lipinski definition) is 0. The van der Waals surface area contributed by atoms with Crippen LogP contribution in [0, 0.1) is 0 Å². The SMILES string of the molecule is O=C1CC[C@]2(c3ccc(Cl)cc3)O[C@H](COc3ccc(Cl)cc3)CN12. The highest BCUT2D eigenvalue weighted by Crippen LogP contribution is 2.46. The predicted molar refractivity (Wildman–Crippen MR) is 95.9 cm³/mol. The molecule has 0 spiro atoms. The molecule has 2 aliphatic rings. The highest BCUT2D eigenvalue weighted by atomic mass is 35.5. The Hall–Kier alpha value is -1.75. The minimum absolute atomic E-state index is 0.115. The molecule has 0 unspecified atom stereocenters. The molecule has 4 rings (SSSR count). The lowest BCUT2D eigenvalue weighted by Crippen LogP contribution is -2.38. The number of halogens is 2. The summed E-state index contributed by atoms with van der Waals surface area (Å²) in [5.74, 6) is 0.843. The molecule has 0 aliphatic carbocycles. The Labute approximate surface area is 156 Å². The Bertz CT molecular complexity index is 778. The van der Waals surface area contributed by atoms with Gasteiger partial charge in [0, 0.05) is 28.5 Å². The largest absolute Gasteiger partial charge is 0.491 e. The molecule has 25 heavy (non-hydrogen) atoms. The van der Waals surface area contributed by atoms with Crippen molar-refractivity contribution in [3.63, 3.8) is 0 Å². The molecule has 2 fully saturated rings. The molecule has 0 radical (unpaired) electrons. The van der Waals surface area contributed by atoms with E-state index in [2.05, 4.69) is 0 Å². The van der Waals surface area contributed by atoms with E-state index in [1.165, 1.54) is 0 Å². The first kappa shape index (κ1) is 16.7. The third kappa shape index (κ3) is 3.10. The lowest BCUT2D eigenvalue weighted by atomic mass is 10.0. The van der Waals surface area contributed by atoms with Gasteiger partial charge in [-0.1, -0.05) is 35.3 Å². The Morgan fingerprint density at radius 1 is 1.08 bits per heavy atom. The van der Waals surface area contributed by atoms with E-state index in [1.807, 2.05) is 41.3 Å². The second-order valence-electron chi connectivity index (χ2n) is 6.30. The maximum atomic E-state index is 12.3. The molecule has 2 aromatic carbocycles. The van der Waals surface area contributed by atoms with Gasteiger partial charge in [0.25, 0.3) is 0 Å². The van der Waals surface area contributed by atoms with Crippen LogP contribution in [-0.2, 0) is 15.3 Å². The number of nitrogens with zero attached hydrogens (tertiary/aromatic N) is 1. The molecule has 0 aromatic heterocycles. The van der Waals surface area contributed by atoms with Gasteiger partial charge in [-0.25, -0.2) is 0 Å². The minimum atomic E-state index is -0.699. The van der Waals surface area contributed by atoms with Crippen molar-refractivity contribution in [3.8, 4) is 5.75 Å². The summed E-state index contributed by atoms with van der Waals surface area (Å²) >= 11 is 11.9. The van der Waals surface area contributed by atoms with E-state index >= 15 is 0 Å². The van der Waals surface area contributed by atoms with Gasteiger partial charge in [-0.2, -0.15) is 0 Å². The first-order valence-electron chi connectivity index (χ1n) is 8.19. The molecule has 2 atom stereocenters. The van der Waals surface area contributed by atoms with E-state index in [4.69, 9.17) is 32.7 Å². The first-order valence-corrected chi connectivity index (χ1v) is 8.95. The molecule has 0 bridgehead atoms. The minimum Gasteiger partial charge on any atom is -0.491 e. The quantitative estimate of drug-likeness (QED) is 0.799. The van der Waals surface area contributed by atoms with Gasteiger partial charge in [0.1, 0.15) is 18.5 Å². The molecule has 2 aromatic rings. The fraction of sp³-hybridized carbons (Fsp3) is 0.316. The van der Waals surface area contributed by atoms with Crippen LogP contribution >= 0.6 is 23.2 Å². The Morgan fingerprint density at radius 3 is 2.40 bits per heavy atom. The lowest BCUT2D eigenvalue weighted by Gasteiger charge is -2.31. The molecule has 6 heteroatoms. The van der Waals surface area contributed by atoms with Gasteiger partial charge < -0.3 is 14.4 Å². The summed E-state index contributed by atoms with van der Waals surface area (Å²) < 4.78 is 12.1. The van der Waals surface area contributed by atoms with Gasteiger partial charge in [-0.3, -0.25) is 4.79 Å². The lowest BCUT2D eigenvalue weighted by molar-refractivity contribution is -0.140. The van der Waals surface area contributed by atoms with E-state index in [-0.39, 0.29) is 12.0 Å². The van der Waals surface area contributed by atoms with E-state index in [0.29, 0.717) is 36.0 Å². The molecule has 4 nitrogen and oxygen atoms in total. The van der Waals surface area contributed by atoms with Gasteiger partial charge in [-0.15, -0.1) is 0 Å². The van der Waals surface area contributed by atoms with Crippen LogP contribution in [0.25, 0.3) is 0 Å². The first-order chi connectivity index (χ1) is 12.1. The fourth-order valence-corrected chi connectivity index (χ4v) is 3.77. The highest BCUT2D eigenvalue weighted by Gasteiger charge is 2.54. The topological polar surface area (TPSA) is 38.8 Å². The molecular weight excluding hydrogens is 361 g/mol. The van der Waals surface area contributed by atoms with Crippen LogP contribution < -0.4 is 4.74 Å². The zero-order chi connectivity index (χ0) is 17.4. The third-order valence-corrected chi connectivity index (χ3v) is 5.21. The van der Waals surface area contributed by atoms with Crippen LogP contribution in [0.15, 0.2) is 48.5 Å². The second-order valence-corrected chi connectivity index (χ2v) is 7.17. The predicted octanol–water partition coefficient (Wildman–Crippen LogP) is 4.25. The van der Waals surface area contributed by atoms with E-state index in [9.17, 15) is 4.79 Å². The smallest absolute Gasteiger partial charge is 0.225 e. The molecule has 130 valence electrons. The average molecular weight is 378 g/mol. The summed E-state index contributed by atoms with van der Waals surface area (Å²) in [5, 5.41) is 1.33. The number of fused-ring (bicyclic) bond motifs is 1. The van der Waals surface area contributed by atoms with Crippen LogP contribution in [0.2, 0.25) is 10.0 Å². The Balaban J connectivity index is 1.51. The van der Waals surface area contributed by atoms with Crippen LogP contribution in [0.3, 0.4) is 0 Å². The molecule has 1 amide bonds. The molecular formula is C19H17Cl2NO3. The van der Waals surface area contributed by atoms with Gasteiger partial charge in [0.05, 0.1) is 6.54 Å². The Kier molecular flexibility index (Phi) is 4.36.